The highest BCUT2D eigenvalue weighted by atomic mass is 16.1. The minimum absolute atomic E-state index is 0.146. The maximum absolute atomic E-state index is 13.0. The van der Waals surface area contributed by atoms with Crippen LogP contribution in [0.25, 0.3) is 0 Å². The molecule has 0 saturated carbocycles. The molecule has 32 heavy (non-hydrogen) atoms. The molecule has 0 N–H and O–H groups in total. The molecule has 2 heteroatoms. The number of carbonyl (C=O) groups is 2. The molecule has 0 aromatic rings. The zero-order chi connectivity index (χ0) is 23.6. The Morgan fingerprint density at radius 3 is 0.938 bits per heavy atom. The average Bonchev–Trinajstić information content (AvgIpc) is 2.79. The Morgan fingerprint density at radius 2 is 0.656 bits per heavy atom. The first-order chi connectivity index (χ1) is 15.5. The molecule has 0 aliphatic heterocycles. The molecular formula is C30H52O2. The van der Waals surface area contributed by atoms with Crippen LogP contribution >= 0.6 is 0 Å². The van der Waals surface area contributed by atoms with Crippen molar-refractivity contribution in [2.24, 2.45) is 0 Å². The van der Waals surface area contributed by atoms with Crippen molar-refractivity contribution >= 4 is 11.6 Å². The van der Waals surface area contributed by atoms with Crippen LogP contribution in [0.5, 0.6) is 0 Å². The highest BCUT2D eigenvalue weighted by Crippen LogP contribution is 2.30. The second-order valence-electron chi connectivity index (χ2n) is 10.0. The Bertz CT molecular complexity index is 554. The molecular weight excluding hydrogens is 392 g/mol. The molecule has 0 atom stereocenters. The number of carbonyl (C=O) groups excluding carboxylic acids is 2. The summed E-state index contributed by atoms with van der Waals surface area (Å²) in [7, 11) is 0. The lowest BCUT2D eigenvalue weighted by molar-refractivity contribution is -0.116. The number of unbranched alkanes of at least 4 members (excludes halogenated alkanes) is 16. The van der Waals surface area contributed by atoms with Gasteiger partial charge in [-0.1, -0.05) is 117 Å². The lowest BCUT2D eigenvalue weighted by Crippen LogP contribution is -2.22. The SMILES string of the molecule is CCCCCCCCCCCC1=C(C)C(=O)C(CCCCCCCCCCC)=C(C)C1=O. The Hall–Kier alpha value is -1.18. The standard InChI is InChI=1S/C30H52O2/c1-5-7-9-11-13-15-17-19-21-23-27-25(3)30(32)28(26(4)29(27)31)24-22-20-18-16-14-12-10-8-6-2/h5-24H2,1-4H3. The van der Waals surface area contributed by atoms with Crippen molar-refractivity contribution in [3.05, 3.63) is 22.3 Å². The summed E-state index contributed by atoms with van der Waals surface area (Å²) >= 11 is 0. The zero-order valence-corrected chi connectivity index (χ0v) is 22.0. The van der Waals surface area contributed by atoms with E-state index in [0.717, 1.165) is 48.0 Å². The van der Waals surface area contributed by atoms with Crippen LogP contribution in [0, 0.1) is 0 Å². The summed E-state index contributed by atoms with van der Waals surface area (Å²) in [5.41, 5.74) is 3.05. The monoisotopic (exact) mass is 444 g/mol. The molecule has 0 amide bonds. The van der Waals surface area contributed by atoms with Crippen LogP contribution in [-0.4, -0.2) is 11.6 Å². The van der Waals surface area contributed by atoms with Gasteiger partial charge in [0.25, 0.3) is 0 Å². The fraction of sp³-hybridized carbons (Fsp3) is 0.800. The fourth-order valence-electron chi connectivity index (χ4n) is 4.89. The molecule has 184 valence electrons. The van der Waals surface area contributed by atoms with Crippen molar-refractivity contribution in [2.75, 3.05) is 0 Å². The summed E-state index contributed by atoms with van der Waals surface area (Å²) in [5, 5.41) is 0. The van der Waals surface area contributed by atoms with Crippen LogP contribution < -0.4 is 0 Å². The first kappa shape index (κ1) is 28.9. The highest BCUT2D eigenvalue weighted by molar-refractivity contribution is 6.24. The van der Waals surface area contributed by atoms with Gasteiger partial charge in [0, 0.05) is 22.3 Å². The lowest BCUT2D eigenvalue weighted by Gasteiger charge is -2.21. The minimum Gasteiger partial charge on any atom is -0.289 e. The zero-order valence-electron chi connectivity index (χ0n) is 22.0. The van der Waals surface area contributed by atoms with Crippen LogP contribution in [0.1, 0.15) is 156 Å². The van der Waals surface area contributed by atoms with Gasteiger partial charge < -0.3 is 0 Å². The maximum atomic E-state index is 13.0. The summed E-state index contributed by atoms with van der Waals surface area (Å²) in [6.07, 6.45) is 24.5. The maximum Gasteiger partial charge on any atom is 0.185 e. The Morgan fingerprint density at radius 1 is 0.406 bits per heavy atom. The molecule has 0 fully saturated rings. The average molecular weight is 445 g/mol. The summed E-state index contributed by atoms with van der Waals surface area (Å²) in [4.78, 5) is 25.9. The van der Waals surface area contributed by atoms with Crippen LogP contribution in [0.15, 0.2) is 22.3 Å². The van der Waals surface area contributed by atoms with Gasteiger partial charge >= 0.3 is 0 Å². The third-order valence-electron chi connectivity index (χ3n) is 7.20. The number of Topliss-reactive ketones (excluding diaryl/α,β-unsaturated/α-hetero) is 2. The Labute approximate surface area is 199 Å². The molecule has 2 nitrogen and oxygen atoms in total. The Kier molecular flexibility index (Phi) is 16.5. The highest BCUT2D eigenvalue weighted by Gasteiger charge is 2.29. The third kappa shape index (κ3) is 11.1. The van der Waals surface area contributed by atoms with Crippen LogP contribution in [0.4, 0.5) is 0 Å². The fourth-order valence-corrected chi connectivity index (χ4v) is 4.89. The van der Waals surface area contributed by atoms with Gasteiger partial charge in [0.1, 0.15) is 0 Å². The van der Waals surface area contributed by atoms with Gasteiger partial charge in [-0.2, -0.15) is 0 Å². The van der Waals surface area contributed by atoms with Crippen molar-refractivity contribution in [1.82, 2.24) is 0 Å². The van der Waals surface area contributed by atoms with E-state index in [2.05, 4.69) is 13.8 Å². The molecule has 0 unspecified atom stereocenters. The van der Waals surface area contributed by atoms with Gasteiger partial charge in [0.15, 0.2) is 11.6 Å². The molecule has 1 aliphatic carbocycles. The molecule has 0 aromatic heterocycles. The smallest absolute Gasteiger partial charge is 0.185 e. The topological polar surface area (TPSA) is 34.1 Å². The third-order valence-corrected chi connectivity index (χ3v) is 7.20. The van der Waals surface area contributed by atoms with Crippen molar-refractivity contribution in [3.8, 4) is 0 Å². The van der Waals surface area contributed by atoms with E-state index in [1.807, 2.05) is 13.8 Å². The van der Waals surface area contributed by atoms with Crippen LogP contribution in [0.3, 0.4) is 0 Å². The van der Waals surface area contributed by atoms with E-state index in [0.29, 0.717) is 0 Å². The molecule has 0 saturated heterocycles. The molecule has 0 spiro atoms. The van der Waals surface area contributed by atoms with Crippen molar-refractivity contribution in [1.29, 1.82) is 0 Å². The molecule has 0 radical (unpaired) electrons. The predicted octanol–water partition coefficient (Wildman–Crippen LogP) is 9.61. The van der Waals surface area contributed by atoms with E-state index in [-0.39, 0.29) is 11.6 Å². The van der Waals surface area contributed by atoms with E-state index < -0.39 is 0 Å². The van der Waals surface area contributed by atoms with Gasteiger partial charge in [0.2, 0.25) is 0 Å². The van der Waals surface area contributed by atoms with E-state index >= 15 is 0 Å². The second-order valence-corrected chi connectivity index (χ2v) is 10.0. The van der Waals surface area contributed by atoms with E-state index in [1.165, 1.54) is 103 Å². The molecule has 0 aromatic carbocycles. The largest absolute Gasteiger partial charge is 0.289 e. The number of rotatable bonds is 20. The van der Waals surface area contributed by atoms with E-state index in [4.69, 9.17) is 0 Å². The minimum atomic E-state index is 0.146. The summed E-state index contributed by atoms with van der Waals surface area (Å²) in [6, 6.07) is 0. The van der Waals surface area contributed by atoms with Gasteiger partial charge in [0.05, 0.1) is 0 Å². The van der Waals surface area contributed by atoms with Gasteiger partial charge in [-0.05, 0) is 39.5 Å². The Balaban J connectivity index is 2.30. The predicted molar refractivity (Wildman–Crippen MR) is 139 cm³/mol. The van der Waals surface area contributed by atoms with Gasteiger partial charge in [-0.25, -0.2) is 0 Å². The van der Waals surface area contributed by atoms with Crippen LogP contribution in [-0.2, 0) is 9.59 Å². The van der Waals surface area contributed by atoms with Crippen molar-refractivity contribution in [2.45, 2.75) is 156 Å². The number of ketones is 2. The summed E-state index contributed by atoms with van der Waals surface area (Å²) in [6.45, 7) is 8.27. The summed E-state index contributed by atoms with van der Waals surface area (Å²) < 4.78 is 0. The lowest BCUT2D eigenvalue weighted by atomic mass is 9.81. The quantitative estimate of drug-likeness (QED) is 0.138. The molecule has 1 rings (SSSR count). The first-order valence-electron chi connectivity index (χ1n) is 14.0. The van der Waals surface area contributed by atoms with E-state index in [9.17, 15) is 9.59 Å². The molecule has 1 aliphatic rings. The molecule has 0 bridgehead atoms. The summed E-state index contributed by atoms with van der Waals surface area (Å²) in [5.74, 6) is 0.292. The normalized spacial score (nSPS) is 14.8. The number of hydrogen-bond donors (Lipinski definition) is 0. The van der Waals surface area contributed by atoms with E-state index in [1.54, 1.807) is 0 Å². The van der Waals surface area contributed by atoms with Crippen LogP contribution in [0.2, 0.25) is 0 Å². The first-order valence-corrected chi connectivity index (χ1v) is 14.0. The number of hydrogen-bond acceptors (Lipinski definition) is 2. The second kappa shape index (κ2) is 18.3. The molecule has 0 heterocycles. The van der Waals surface area contributed by atoms with Gasteiger partial charge in [-0.3, -0.25) is 9.59 Å². The van der Waals surface area contributed by atoms with Crippen molar-refractivity contribution < 1.29 is 9.59 Å². The number of allylic oxidation sites excluding steroid dienone is 4. The van der Waals surface area contributed by atoms with Crippen molar-refractivity contribution in [3.63, 3.8) is 0 Å². The van der Waals surface area contributed by atoms with Gasteiger partial charge in [-0.15, -0.1) is 0 Å².